The van der Waals surface area contributed by atoms with E-state index in [4.69, 9.17) is 5.73 Å². The molecule has 1 rings (SSSR count). The minimum Gasteiger partial charge on any atom is -0.349 e. The summed E-state index contributed by atoms with van der Waals surface area (Å²) in [4.78, 5) is 4.49. The molecule has 1 atom stereocenters. The highest BCUT2D eigenvalue weighted by molar-refractivity contribution is 5.27. The summed E-state index contributed by atoms with van der Waals surface area (Å²) in [5.74, 6) is 0.600. The molecule has 0 fully saturated rings. The van der Waals surface area contributed by atoms with Gasteiger partial charge < -0.3 is 11.1 Å². The Kier molecular flexibility index (Phi) is 5.83. The Morgan fingerprint density at radius 3 is 2.35 bits per heavy atom. The van der Waals surface area contributed by atoms with E-state index in [2.05, 4.69) is 41.3 Å². The highest BCUT2D eigenvalue weighted by Gasteiger charge is 2.10. The fourth-order valence-corrected chi connectivity index (χ4v) is 1.78. The first kappa shape index (κ1) is 13.8. The summed E-state index contributed by atoms with van der Waals surface area (Å²) in [6, 6.07) is 0.235. The first-order valence-electron chi connectivity index (χ1n) is 6.44. The number of nitrogens with two attached hydrogens (primary N) is 1. The molecule has 1 aromatic rings. The number of aryl methyl sites for hydroxylation is 2. The molecule has 0 aliphatic heterocycles. The third-order valence-corrected chi connectivity index (χ3v) is 2.76. The van der Waals surface area contributed by atoms with Gasteiger partial charge in [0.15, 0.2) is 0 Å². The second-order valence-electron chi connectivity index (χ2n) is 4.10. The van der Waals surface area contributed by atoms with E-state index in [9.17, 15) is 0 Å². The van der Waals surface area contributed by atoms with Crippen LogP contribution >= 0.6 is 0 Å². The summed E-state index contributed by atoms with van der Waals surface area (Å²) >= 11 is 0. The Morgan fingerprint density at radius 2 is 1.82 bits per heavy atom. The van der Waals surface area contributed by atoms with Crippen molar-refractivity contribution < 1.29 is 0 Å². The van der Waals surface area contributed by atoms with E-state index in [1.54, 1.807) is 0 Å². The van der Waals surface area contributed by atoms with Crippen LogP contribution in [0.4, 0.5) is 5.95 Å². The molecule has 0 aromatic carbocycles. The average Bonchev–Trinajstić information content (AvgIpc) is 2.38. The predicted octanol–water partition coefficient (Wildman–Crippen LogP) is 1.54. The molecule has 1 unspecified atom stereocenters. The van der Waals surface area contributed by atoms with Crippen molar-refractivity contribution in [2.45, 2.75) is 52.5 Å². The van der Waals surface area contributed by atoms with Crippen LogP contribution in [-0.4, -0.2) is 27.8 Å². The molecular weight excluding hydrogens is 214 g/mol. The van der Waals surface area contributed by atoms with Crippen LogP contribution in [0.25, 0.3) is 0 Å². The van der Waals surface area contributed by atoms with Gasteiger partial charge in [-0.3, -0.25) is 0 Å². The lowest BCUT2D eigenvalue weighted by atomic mass is 10.2. The topological polar surface area (TPSA) is 76.7 Å². The minimum absolute atomic E-state index is 0.235. The fourth-order valence-electron chi connectivity index (χ4n) is 1.78. The Labute approximate surface area is 103 Å². The molecule has 1 aromatic heterocycles. The summed E-state index contributed by atoms with van der Waals surface area (Å²) in [5, 5.41) is 11.5. The van der Waals surface area contributed by atoms with Crippen molar-refractivity contribution in [1.29, 1.82) is 0 Å². The third kappa shape index (κ3) is 3.93. The first-order chi connectivity index (χ1) is 8.24. The quantitative estimate of drug-likeness (QED) is 0.752. The van der Waals surface area contributed by atoms with E-state index in [-0.39, 0.29) is 6.04 Å². The van der Waals surface area contributed by atoms with Gasteiger partial charge in [0.05, 0.1) is 11.4 Å². The fraction of sp³-hybridized carbons (Fsp3) is 0.750. The maximum Gasteiger partial charge on any atom is 0.243 e. The molecule has 5 heteroatoms. The largest absolute Gasteiger partial charge is 0.349 e. The lowest BCUT2D eigenvalue weighted by molar-refractivity contribution is 0.638. The molecule has 1 heterocycles. The van der Waals surface area contributed by atoms with Gasteiger partial charge in [-0.25, -0.2) is 4.98 Å². The molecular formula is C12H23N5. The smallest absolute Gasteiger partial charge is 0.243 e. The number of anilines is 1. The lowest BCUT2D eigenvalue weighted by Gasteiger charge is -2.16. The lowest BCUT2D eigenvalue weighted by Crippen LogP contribution is -2.29. The summed E-state index contributed by atoms with van der Waals surface area (Å²) in [6.07, 6.45) is 3.87. The van der Waals surface area contributed by atoms with Gasteiger partial charge in [-0.15, -0.1) is 5.10 Å². The van der Waals surface area contributed by atoms with E-state index in [1.165, 1.54) is 0 Å². The van der Waals surface area contributed by atoms with Crippen molar-refractivity contribution in [2.75, 3.05) is 11.9 Å². The maximum atomic E-state index is 5.69. The zero-order chi connectivity index (χ0) is 12.7. The number of hydrogen-bond donors (Lipinski definition) is 2. The average molecular weight is 237 g/mol. The van der Waals surface area contributed by atoms with Gasteiger partial charge in [-0.1, -0.05) is 27.2 Å². The Balaban J connectivity index is 2.77. The molecule has 96 valence electrons. The normalized spacial score (nSPS) is 12.5. The Bertz CT molecular complexity index is 340. The second kappa shape index (κ2) is 7.17. The minimum atomic E-state index is 0.235. The number of nitrogens with zero attached hydrogens (tertiary/aromatic N) is 3. The zero-order valence-electron chi connectivity index (χ0n) is 11.0. The molecule has 0 saturated heterocycles. The van der Waals surface area contributed by atoms with Crippen molar-refractivity contribution in [3.05, 3.63) is 11.4 Å². The number of hydrogen-bond acceptors (Lipinski definition) is 5. The molecule has 0 radical (unpaired) electrons. The van der Waals surface area contributed by atoms with Crippen molar-refractivity contribution >= 4 is 5.95 Å². The molecule has 5 nitrogen and oxygen atoms in total. The highest BCUT2D eigenvalue weighted by atomic mass is 15.2. The monoisotopic (exact) mass is 237 g/mol. The van der Waals surface area contributed by atoms with E-state index >= 15 is 0 Å². The molecule has 0 amide bonds. The third-order valence-electron chi connectivity index (χ3n) is 2.76. The predicted molar refractivity (Wildman–Crippen MR) is 70.0 cm³/mol. The number of nitrogens with one attached hydrogen (secondary N) is 1. The van der Waals surface area contributed by atoms with Crippen molar-refractivity contribution in [1.82, 2.24) is 15.2 Å². The molecule has 0 spiro atoms. The van der Waals surface area contributed by atoms with Crippen LogP contribution < -0.4 is 11.1 Å². The highest BCUT2D eigenvalue weighted by Crippen LogP contribution is 2.08. The van der Waals surface area contributed by atoms with Crippen LogP contribution in [0.15, 0.2) is 0 Å². The van der Waals surface area contributed by atoms with Gasteiger partial charge in [0, 0.05) is 12.6 Å². The summed E-state index contributed by atoms with van der Waals surface area (Å²) in [5.41, 5.74) is 7.70. The van der Waals surface area contributed by atoms with E-state index < -0.39 is 0 Å². The number of aromatic nitrogens is 3. The van der Waals surface area contributed by atoms with Gasteiger partial charge in [-0.05, 0) is 19.3 Å². The van der Waals surface area contributed by atoms with E-state index in [0.717, 1.165) is 37.1 Å². The van der Waals surface area contributed by atoms with Crippen LogP contribution in [-0.2, 0) is 12.8 Å². The van der Waals surface area contributed by atoms with Crippen LogP contribution in [0, 0.1) is 0 Å². The van der Waals surface area contributed by atoms with Crippen LogP contribution in [0.3, 0.4) is 0 Å². The van der Waals surface area contributed by atoms with Crippen molar-refractivity contribution in [2.24, 2.45) is 5.73 Å². The first-order valence-corrected chi connectivity index (χ1v) is 6.44. The van der Waals surface area contributed by atoms with Gasteiger partial charge in [-0.2, -0.15) is 5.10 Å². The Morgan fingerprint density at radius 1 is 1.12 bits per heavy atom. The zero-order valence-corrected chi connectivity index (χ0v) is 11.0. The molecule has 0 bridgehead atoms. The van der Waals surface area contributed by atoms with Gasteiger partial charge in [0.25, 0.3) is 0 Å². The Hall–Kier alpha value is -1.23. The molecule has 0 aliphatic rings. The van der Waals surface area contributed by atoms with Crippen molar-refractivity contribution in [3.8, 4) is 0 Å². The molecule has 17 heavy (non-hydrogen) atoms. The van der Waals surface area contributed by atoms with Gasteiger partial charge in [0.1, 0.15) is 0 Å². The van der Waals surface area contributed by atoms with Crippen molar-refractivity contribution in [3.63, 3.8) is 0 Å². The summed E-state index contributed by atoms with van der Waals surface area (Å²) in [6.45, 7) is 6.88. The SMILES string of the molecule is CCCC(CN)Nc1nnc(CC)c(CC)n1. The molecule has 3 N–H and O–H groups in total. The number of rotatable bonds is 7. The van der Waals surface area contributed by atoms with Crippen LogP contribution in [0.1, 0.15) is 45.0 Å². The van der Waals surface area contributed by atoms with Gasteiger partial charge >= 0.3 is 0 Å². The molecule has 0 aliphatic carbocycles. The van der Waals surface area contributed by atoms with E-state index in [1.807, 2.05) is 0 Å². The van der Waals surface area contributed by atoms with Gasteiger partial charge in [0.2, 0.25) is 5.95 Å². The molecule has 0 saturated carbocycles. The second-order valence-corrected chi connectivity index (χ2v) is 4.10. The van der Waals surface area contributed by atoms with Crippen LogP contribution in [0.2, 0.25) is 0 Å². The van der Waals surface area contributed by atoms with E-state index in [0.29, 0.717) is 12.5 Å². The summed E-state index contributed by atoms with van der Waals surface area (Å²) < 4.78 is 0. The maximum absolute atomic E-state index is 5.69. The standard InChI is InChI=1S/C12H23N5/c1-4-7-9(8-13)14-12-15-10(5-2)11(6-3)16-17-12/h9H,4-8,13H2,1-3H3,(H,14,15,17). The van der Waals surface area contributed by atoms with Crippen LogP contribution in [0.5, 0.6) is 0 Å². The summed E-state index contributed by atoms with van der Waals surface area (Å²) in [7, 11) is 0.